The van der Waals surface area contributed by atoms with E-state index in [2.05, 4.69) is 44.3 Å². The lowest BCUT2D eigenvalue weighted by Gasteiger charge is -2.13. The standard InChI is InChI=1S/C22H24N6O/c1-12(2)28-15-5-4-8-27-16-10-14(22(29)24-3)7-6-13(16)9-17(27)18(15)19-20(23)25-11-26-21(19)28/h6-7,9-12H,4-5,8H2,1-3H3,(H,24,29)(H2,23,25,26). The molecule has 3 aromatic heterocycles. The van der Waals surface area contributed by atoms with Gasteiger partial charge in [-0.3, -0.25) is 4.79 Å². The Morgan fingerprint density at radius 1 is 1.24 bits per heavy atom. The second kappa shape index (κ2) is 6.34. The summed E-state index contributed by atoms with van der Waals surface area (Å²) in [5.41, 5.74) is 12.5. The molecule has 0 spiro atoms. The third-order valence-electron chi connectivity index (χ3n) is 5.88. The summed E-state index contributed by atoms with van der Waals surface area (Å²) in [5, 5.41) is 4.75. The van der Waals surface area contributed by atoms with Crippen molar-refractivity contribution < 1.29 is 4.79 Å². The van der Waals surface area contributed by atoms with Gasteiger partial charge in [-0.15, -0.1) is 0 Å². The minimum absolute atomic E-state index is 0.0779. The van der Waals surface area contributed by atoms with Crippen molar-refractivity contribution >= 4 is 33.7 Å². The SMILES string of the molecule is CNC(=O)c1ccc2cc3n(c2c1)CCCc1c-3c2c(N)ncnc2n1C(C)C. The van der Waals surface area contributed by atoms with Gasteiger partial charge in [0, 0.05) is 47.4 Å². The topological polar surface area (TPSA) is 90.8 Å². The van der Waals surface area contributed by atoms with E-state index in [-0.39, 0.29) is 11.9 Å². The van der Waals surface area contributed by atoms with Gasteiger partial charge in [-0.25, -0.2) is 9.97 Å². The Labute approximate surface area is 168 Å². The van der Waals surface area contributed by atoms with Crippen molar-refractivity contribution in [2.75, 3.05) is 12.8 Å². The highest BCUT2D eigenvalue weighted by Gasteiger charge is 2.28. The van der Waals surface area contributed by atoms with Crippen LogP contribution in [0, 0.1) is 0 Å². The number of aryl methyl sites for hydroxylation is 1. The van der Waals surface area contributed by atoms with Gasteiger partial charge in [0.25, 0.3) is 5.91 Å². The van der Waals surface area contributed by atoms with Crippen LogP contribution in [0.2, 0.25) is 0 Å². The zero-order chi connectivity index (χ0) is 20.3. The zero-order valence-corrected chi connectivity index (χ0v) is 16.9. The van der Waals surface area contributed by atoms with Crippen LogP contribution in [0.25, 0.3) is 33.2 Å². The molecule has 0 saturated heterocycles. The maximum absolute atomic E-state index is 12.2. The Hall–Kier alpha value is -3.35. The molecule has 0 bridgehead atoms. The molecular weight excluding hydrogens is 364 g/mol. The van der Waals surface area contributed by atoms with Gasteiger partial charge < -0.3 is 20.2 Å². The molecule has 1 aliphatic heterocycles. The summed E-state index contributed by atoms with van der Waals surface area (Å²) in [5.74, 6) is 0.432. The highest BCUT2D eigenvalue weighted by molar-refractivity contribution is 6.05. The molecular formula is C22H24N6O. The monoisotopic (exact) mass is 388 g/mol. The van der Waals surface area contributed by atoms with Crippen molar-refractivity contribution in [1.29, 1.82) is 0 Å². The van der Waals surface area contributed by atoms with Crippen LogP contribution in [0.5, 0.6) is 0 Å². The Morgan fingerprint density at radius 3 is 2.83 bits per heavy atom. The molecule has 4 aromatic rings. The highest BCUT2D eigenvalue weighted by atomic mass is 16.1. The van der Waals surface area contributed by atoms with Crippen LogP contribution in [-0.4, -0.2) is 32.1 Å². The van der Waals surface area contributed by atoms with Gasteiger partial charge >= 0.3 is 0 Å². The Kier molecular flexibility index (Phi) is 3.87. The van der Waals surface area contributed by atoms with Gasteiger partial charge in [-0.2, -0.15) is 0 Å². The largest absolute Gasteiger partial charge is 0.383 e. The maximum Gasteiger partial charge on any atom is 0.251 e. The molecule has 0 unspecified atom stereocenters. The van der Waals surface area contributed by atoms with Crippen molar-refractivity contribution in [3.63, 3.8) is 0 Å². The molecule has 5 rings (SSSR count). The number of carbonyl (C=O) groups is 1. The number of hydrogen-bond donors (Lipinski definition) is 2. The second-order valence-electron chi connectivity index (χ2n) is 7.88. The third kappa shape index (κ3) is 2.46. The van der Waals surface area contributed by atoms with E-state index in [1.807, 2.05) is 18.2 Å². The van der Waals surface area contributed by atoms with Crippen LogP contribution >= 0.6 is 0 Å². The number of benzene rings is 1. The molecule has 1 aliphatic rings. The first kappa shape index (κ1) is 17.7. The van der Waals surface area contributed by atoms with Gasteiger partial charge in [0.15, 0.2) is 0 Å². The van der Waals surface area contributed by atoms with E-state index >= 15 is 0 Å². The van der Waals surface area contributed by atoms with Gasteiger partial charge in [-0.05, 0) is 44.9 Å². The van der Waals surface area contributed by atoms with Gasteiger partial charge in [0.2, 0.25) is 0 Å². The summed E-state index contributed by atoms with van der Waals surface area (Å²) in [4.78, 5) is 21.0. The minimum atomic E-state index is -0.0779. The van der Waals surface area contributed by atoms with Crippen LogP contribution in [-0.2, 0) is 13.0 Å². The van der Waals surface area contributed by atoms with Crippen molar-refractivity contribution in [2.45, 2.75) is 39.3 Å². The Morgan fingerprint density at radius 2 is 2.07 bits per heavy atom. The summed E-state index contributed by atoms with van der Waals surface area (Å²) in [7, 11) is 1.65. The van der Waals surface area contributed by atoms with E-state index in [4.69, 9.17) is 5.73 Å². The molecule has 29 heavy (non-hydrogen) atoms. The van der Waals surface area contributed by atoms with E-state index < -0.39 is 0 Å². The molecule has 1 aromatic carbocycles. The maximum atomic E-state index is 12.2. The van der Waals surface area contributed by atoms with Gasteiger partial charge in [-0.1, -0.05) is 6.07 Å². The highest BCUT2D eigenvalue weighted by Crippen LogP contribution is 2.42. The third-order valence-corrected chi connectivity index (χ3v) is 5.88. The Balaban J connectivity index is 1.87. The van der Waals surface area contributed by atoms with E-state index in [9.17, 15) is 4.79 Å². The van der Waals surface area contributed by atoms with Crippen LogP contribution in [0.15, 0.2) is 30.6 Å². The molecule has 0 atom stereocenters. The fourth-order valence-electron chi connectivity index (χ4n) is 4.67. The van der Waals surface area contributed by atoms with Crippen LogP contribution in [0.3, 0.4) is 0 Å². The number of nitrogen functional groups attached to an aromatic ring is 1. The van der Waals surface area contributed by atoms with Crippen LogP contribution < -0.4 is 11.1 Å². The number of nitrogens with two attached hydrogens (primary N) is 1. The molecule has 0 radical (unpaired) electrons. The van der Waals surface area contributed by atoms with E-state index in [0.29, 0.717) is 11.4 Å². The fourth-order valence-corrected chi connectivity index (χ4v) is 4.67. The minimum Gasteiger partial charge on any atom is -0.383 e. The Bertz CT molecular complexity index is 1280. The van der Waals surface area contributed by atoms with Gasteiger partial charge in [0.05, 0.1) is 11.1 Å². The second-order valence-corrected chi connectivity index (χ2v) is 7.88. The average molecular weight is 388 g/mol. The molecule has 0 aliphatic carbocycles. The van der Waals surface area contributed by atoms with E-state index in [1.54, 1.807) is 13.4 Å². The molecule has 0 saturated carbocycles. The lowest BCUT2D eigenvalue weighted by atomic mass is 10.1. The summed E-state index contributed by atoms with van der Waals surface area (Å²) in [6.07, 6.45) is 3.49. The summed E-state index contributed by atoms with van der Waals surface area (Å²) >= 11 is 0. The first-order valence-corrected chi connectivity index (χ1v) is 10.00. The number of rotatable bonds is 2. The normalized spacial score (nSPS) is 13.5. The van der Waals surface area contributed by atoms with Crippen molar-refractivity contribution in [3.8, 4) is 11.3 Å². The number of amides is 1. The van der Waals surface area contributed by atoms with Crippen molar-refractivity contribution in [1.82, 2.24) is 24.4 Å². The predicted octanol–water partition coefficient (Wildman–Crippen LogP) is 3.52. The molecule has 148 valence electrons. The van der Waals surface area contributed by atoms with Crippen LogP contribution in [0.4, 0.5) is 5.82 Å². The van der Waals surface area contributed by atoms with Crippen molar-refractivity contribution in [2.24, 2.45) is 0 Å². The lowest BCUT2D eigenvalue weighted by molar-refractivity contribution is 0.0963. The molecule has 7 nitrogen and oxygen atoms in total. The smallest absolute Gasteiger partial charge is 0.251 e. The molecule has 7 heteroatoms. The lowest BCUT2D eigenvalue weighted by Crippen LogP contribution is -2.17. The molecule has 0 fully saturated rings. The number of hydrogen-bond acceptors (Lipinski definition) is 4. The summed E-state index contributed by atoms with van der Waals surface area (Å²) in [6, 6.07) is 8.33. The number of nitrogens with zero attached hydrogens (tertiary/aromatic N) is 4. The molecule has 4 heterocycles. The van der Waals surface area contributed by atoms with Gasteiger partial charge in [0.1, 0.15) is 17.8 Å². The zero-order valence-electron chi connectivity index (χ0n) is 16.9. The quantitative estimate of drug-likeness (QED) is 0.550. The number of anilines is 1. The van der Waals surface area contributed by atoms with Crippen molar-refractivity contribution in [3.05, 3.63) is 41.9 Å². The number of nitrogens with one attached hydrogen (secondary N) is 1. The van der Waals surface area contributed by atoms with Crippen LogP contribution in [0.1, 0.15) is 42.4 Å². The molecule has 3 N–H and O–H groups in total. The first-order chi connectivity index (χ1) is 14.0. The average Bonchev–Trinajstić information content (AvgIpc) is 3.17. The van der Waals surface area contributed by atoms with E-state index in [0.717, 1.165) is 52.6 Å². The fraction of sp³-hybridized carbons (Fsp3) is 0.318. The number of carbonyl (C=O) groups excluding carboxylic acids is 1. The first-order valence-electron chi connectivity index (χ1n) is 10.00. The summed E-state index contributed by atoms with van der Waals surface area (Å²) in [6.45, 7) is 5.24. The number of aromatic nitrogens is 4. The van der Waals surface area contributed by atoms with E-state index in [1.165, 1.54) is 5.69 Å². The number of fused-ring (bicyclic) bond motifs is 7. The summed E-state index contributed by atoms with van der Waals surface area (Å²) < 4.78 is 4.61. The predicted molar refractivity (Wildman–Crippen MR) is 115 cm³/mol. The molecule has 1 amide bonds.